The summed E-state index contributed by atoms with van der Waals surface area (Å²) in [6.45, 7) is 6.64. The number of rotatable bonds is 6. The van der Waals surface area contributed by atoms with E-state index in [4.69, 9.17) is 0 Å². The maximum atomic E-state index is 11.6. The van der Waals surface area contributed by atoms with Gasteiger partial charge in [-0.3, -0.25) is 20.2 Å². The van der Waals surface area contributed by atoms with Crippen LogP contribution in [0.5, 0.6) is 0 Å². The summed E-state index contributed by atoms with van der Waals surface area (Å²) in [5.74, 6) is -1.57. The van der Waals surface area contributed by atoms with Gasteiger partial charge in [0.15, 0.2) is 0 Å². The van der Waals surface area contributed by atoms with Gasteiger partial charge in [-0.2, -0.15) is 0 Å². The summed E-state index contributed by atoms with van der Waals surface area (Å²) in [7, 11) is 0. The van der Waals surface area contributed by atoms with E-state index in [1.807, 2.05) is 6.92 Å². The van der Waals surface area contributed by atoms with Gasteiger partial charge < -0.3 is 5.11 Å². The number of aliphatic carboxylic acids is 1. The van der Waals surface area contributed by atoms with Gasteiger partial charge in [-0.1, -0.05) is 19.4 Å². The highest BCUT2D eigenvalue weighted by atomic mass is 16.6. The predicted octanol–water partition coefficient (Wildman–Crippen LogP) is 3.89. The molecule has 124 valence electrons. The molecule has 1 aromatic rings. The van der Waals surface area contributed by atoms with E-state index in [1.165, 1.54) is 19.9 Å². The highest BCUT2D eigenvalue weighted by Gasteiger charge is 2.31. The van der Waals surface area contributed by atoms with Gasteiger partial charge >= 0.3 is 5.97 Å². The summed E-state index contributed by atoms with van der Waals surface area (Å²) in [6, 6.07) is 2.04. The number of hydrogen-bond acceptors (Lipinski definition) is 5. The first-order chi connectivity index (χ1) is 10.6. The number of benzene rings is 1. The molecule has 0 saturated carbocycles. The molecule has 0 spiro atoms. The lowest BCUT2D eigenvalue weighted by Crippen LogP contribution is -2.10. The van der Waals surface area contributed by atoms with Crippen LogP contribution in [0.2, 0.25) is 0 Å². The average Bonchev–Trinajstić information content (AvgIpc) is 2.45. The molecule has 23 heavy (non-hydrogen) atoms. The third-order valence-corrected chi connectivity index (χ3v) is 3.65. The Bertz CT molecular complexity index is 704. The minimum Gasteiger partial charge on any atom is -0.478 e. The molecule has 8 heteroatoms. The van der Waals surface area contributed by atoms with Crippen LogP contribution in [0.3, 0.4) is 0 Å². The van der Waals surface area contributed by atoms with Gasteiger partial charge in [0, 0.05) is 6.07 Å². The number of non-ortho nitro benzene ring substituents is 1. The highest BCUT2D eigenvalue weighted by Crippen LogP contribution is 2.39. The zero-order chi connectivity index (χ0) is 17.9. The summed E-state index contributed by atoms with van der Waals surface area (Å²) in [6.07, 6.45) is 0.557. The molecule has 8 nitrogen and oxygen atoms in total. The second kappa shape index (κ2) is 6.99. The monoisotopic (exact) mass is 322 g/mol. The summed E-state index contributed by atoms with van der Waals surface area (Å²) in [5, 5.41) is 31.9. The van der Waals surface area contributed by atoms with E-state index in [1.54, 1.807) is 6.92 Å². The summed E-state index contributed by atoms with van der Waals surface area (Å²) in [4.78, 5) is 32.5. The van der Waals surface area contributed by atoms with Gasteiger partial charge in [0.05, 0.1) is 27.0 Å². The Morgan fingerprint density at radius 2 is 1.78 bits per heavy atom. The lowest BCUT2D eigenvalue weighted by molar-refractivity contribution is -0.394. The molecule has 1 unspecified atom stereocenters. The number of carbonyl (C=O) groups is 1. The van der Waals surface area contributed by atoms with Crippen molar-refractivity contribution in [3.05, 3.63) is 49.1 Å². The first-order valence-corrected chi connectivity index (χ1v) is 6.99. The van der Waals surface area contributed by atoms with Gasteiger partial charge in [-0.05, 0) is 31.7 Å². The normalized spacial score (nSPS) is 11.7. The third-order valence-electron chi connectivity index (χ3n) is 3.65. The molecule has 0 aliphatic heterocycles. The van der Waals surface area contributed by atoms with Crippen LogP contribution in [0.4, 0.5) is 11.4 Å². The summed E-state index contributed by atoms with van der Waals surface area (Å²) < 4.78 is 0. The molecule has 1 rings (SSSR count). The Hall–Kier alpha value is -2.77. The topological polar surface area (TPSA) is 124 Å². The van der Waals surface area contributed by atoms with Crippen LogP contribution >= 0.6 is 0 Å². The number of nitro groups is 2. The zero-order valence-electron chi connectivity index (χ0n) is 13.3. The van der Waals surface area contributed by atoms with Crippen LogP contribution in [0.25, 0.3) is 5.57 Å². The van der Waals surface area contributed by atoms with E-state index >= 15 is 0 Å². The van der Waals surface area contributed by atoms with E-state index in [0.717, 1.165) is 6.07 Å². The SMILES string of the molecule is CCC(C)c1cc([N+](=O)[O-])cc([N+](=O)[O-])c1C(C(=O)O)=C(C)C. The number of nitrogens with zero attached hydrogens (tertiary/aromatic N) is 2. The predicted molar refractivity (Wildman–Crippen MR) is 84.4 cm³/mol. The van der Waals surface area contributed by atoms with Crippen molar-refractivity contribution in [1.29, 1.82) is 0 Å². The second-order valence-electron chi connectivity index (χ2n) is 5.43. The van der Waals surface area contributed by atoms with Gasteiger partial charge in [-0.15, -0.1) is 0 Å². The van der Waals surface area contributed by atoms with Crippen LogP contribution in [-0.2, 0) is 4.79 Å². The Morgan fingerprint density at radius 3 is 2.13 bits per heavy atom. The molecule has 1 N–H and O–H groups in total. The Morgan fingerprint density at radius 1 is 1.22 bits per heavy atom. The van der Waals surface area contributed by atoms with Crippen molar-refractivity contribution in [3.8, 4) is 0 Å². The van der Waals surface area contributed by atoms with Crippen LogP contribution < -0.4 is 0 Å². The van der Waals surface area contributed by atoms with E-state index < -0.39 is 27.2 Å². The van der Waals surface area contributed by atoms with Crippen molar-refractivity contribution in [3.63, 3.8) is 0 Å². The lowest BCUT2D eigenvalue weighted by atomic mass is 9.86. The smallest absolute Gasteiger partial charge is 0.336 e. The van der Waals surface area contributed by atoms with Crippen molar-refractivity contribution >= 4 is 22.9 Å². The summed E-state index contributed by atoms with van der Waals surface area (Å²) in [5.41, 5.74) is -0.544. The quantitative estimate of drug-likeness (QED) is 0.481. The fraction of sp³-hybridized carbons (Fsp3) is 0.400. The number of allylic oxidation sites excluding steroid dienone is 1. The van der Waals surface area contributed by atoms with Crippen molar-refractivity contribution in [1.82, 2.24) is 0 Å². The maximum absolute atomic E-state index is 11.6. The third kappa shape index (κ3) is 3.71. The number of nitro benzene ring substituents is 2. The number of carboxylic acid groups (broad SMARTS) is 1. The van der Waals surface area contributed by atoms with Gasteiger partial charge in [0.25, 0.3) is 11.4 Å². The van der Waals surface area contributed by atoms with E-state index in [0.29, 0.717) is 17.6 Å². The average molecular weight is 322 g/mol. The minimum absolute atomic E-state index is 0.0533. The molecular weight excluding hydrogens is 304 g/mol. The van der Waals surface area contributed by atoms with Gasteiger partial charge in [-0.25, -0.2) is 4.79 Å². The first kappa shape index (κ1) is 18.3. The second-order valence-corrected chi connectivity index (χ2v) is 5.43. The van der Waals surface area contributed by atoms with Crippen LogP contribution in [0.1, 0.15) is 51.2 Å². The summed E-state index contributed by atoms with van der Waals surface area (Å²) >= 11 is 0. The number of hydrogen-bond donors (Lipinski definition) is 1. The molecule has 1 aromatic carbocycles. The Balaban J connectivity index is 3.98. The van der Waals surface area contributed by atoms with Gasteiger partial charge in [0.1, 0.15) is 0 Å². The molecule has 0 saturated heterocycles. The minimum atomic E-state index is -1.30. The number of carboxylic acids is 1. The molecule has 0 amide bonds. The zero-order valence-corrected chi connectivity index (χ0v) is 13.3. The fourth-order valence-corrected chi connectivity index (χ4v) is 2.33. The highest BCUT2D eigenvalue weighted by molar-refractivity contribution is 6.18. The van der Waals surface area contributed by atoms with Crippen LogP contribution in [0, 0.1) is 20.2 Å². The fourth-order valence-electron chi connectivity index (χ4n) is 2.33. The molecule has 0 fully saturated rings. The van der Waals surface area contributed by atoms with Crippen LogP contribution in [-0.4, -0.2) is 20.9 Å². The van der Waals surface area contributed by atoms with E-state index in [-0.39, 0.29) is 17.1 Å². The molecule has 0 radical (unpaired) electrons. The van der Waals surface area contributed by atoms with Crippen molar-refractivity contribution in [2.45, 2.75) is 40.0 Å². The largest absolute Gasteiger partial charge is 0.478 e. The van der Waals surface area contributed by atoms with E-state index in [9.17, 15) is 30.1 Å². The molecular formula is C15H18N2O6. The van der Waals surface area contributed by atoms with Crippen molar-refractivity contribution in [2.24, 2.45) is 0 Å². The first-order valence-electron chi connectivity index (χ1n) is 6.99. The molecule has 0 heterocycles. The standard InChI is InChI=1S/C15H18N2O6/c1-5-9(4)11-6-10(16(20)21)7-12(17(22)23)14(11)13(8(2)3)15(18)19/h6-7,9H,5H2,1-4H3,(H,18,19). The maximum Gasteiger partial charge on any atom is 0.336 e. The Kier molecular flexibility index (Phi) is 5.56. The van der Waals surface area contributed by atoms with E-state index in [2.05, 4.69) is 0 Å². The molecule has 1 atom stereocenters. The van der Waals surface area contributed by atoms with Crippen molar-refractivity contribution in [2.75, 3.05) is 0 Å². The van der Waals surface area contributed by atoms with Crippen LogP contribution in [0.15, 0.2) is 17.7 Å². The van der Waals surface area contributed by atoms with Gasteiger partial charge in [0.2, 0.25) is 0 Å². The molecule has 0 aliphatic rings. The molecule has 0 aliphatic carbocycles. The molecule has 0 bridgehead atoms. The Labute approximate surface area is 132 Å². The molecule has 0 aromatic heterocycles. The van der Waals surface area contributed by atoms with Crippen molar-refractivity contribution < 1.29 is 19.7 Å². The lowest BCUT2D eigenvalue weighted by Gasteiger charge is -2.16.